The van der Waals surface area contributed by atoms with Crippen LogP contribution in [0.3, 0.4) is 0 Å². The molecule has 1 aliphatic carbocycles. The number of primary amides is 1. The van der Waals surface area contributed by atoms with Crippen LogP contribution >= 0.6 is 0 Å². The van der Waals surface area contributed by atoms with E-state index in [2.05, 4.69) is 9.88 Å². The molecule has 0 aromatic carbocycles. The van der Waals surface area contributed by atoms with Gasteiger partial charge in [0.05, 0.1) is 23.5 Å². The zero-order valence-electron chi connectivity index (χ0n) is 11.0. The van der Waals surface area contributed by atoms with Crippen LogP contribution in [-0.4, -0.2) is 36.2 Å². The molecule has 2 N–H and O–H groups in total. The van der Waals surface area contributed by atoms with Crippen molar-refractivity contribution in [3.05, 3.63) is 24.0 Å². The van der Waals surface area contributed by atoms with Gasteiger partial charge in [-0.3, -0.25) is 9.78 Å². The second-order valence-electron chi connectivity index (χ2n) is 5.42. The van der Waals surface area contributed by atoms with Crippen molar-refractivity contribution in [2.75, 3.05) is 24.6 Å². The zero-order chi connectivity index (χ0) is 13.3. The van der Waals surface area contributed by atoms with Crippen LogP contribution in [0, 0.1) is 0 Å². The van der Waals surface area contributed by atoms with Crippen LogP contribution in [0.25, 0.3) is 0 Å². The Kier molecular flexibility index (Phi) is 3.14. The van der Waals surface area contributed by atoms with Gasteiger partial charge < -0.3 is 15.4 Å². The summed E-state index contributed by atoms with van der Waals surface area (Å²) in [6.07, 6.45) is 7.94. The third-order valence-corrected chi connectivity index (χ3v) is 4.17. The molecule has 0 radical (unpaired) electrons. The van der Waals surface area contributed by atoms with Crippen molar-refractivity contribution < 1.29 is 9.53 Å². The van der Waals surface area contributed by atoms with E-state index in [0.717, 1.165) is 31.6 Å². The molecule has 1 saturated carbocycles. The number of carbonyl (C=O) groups is 1. The van der Waals surface area contributed by atoms with Crippen molar-refractivity contribution >= 4 is 11.6 Å². The SMILES string of the molecule is NC(=O)c1cnccc1N1CCOC2(CCCC2)C1. The Labute approximate surface area is 112 Å². The number of aromatic nitrogens is 1. The third-order valence-electron chi connectivity index (χ3n) is 4.17. The normalized spacial score (nSPS) is 21.8. The molecule has 2 aliphatic rings. The van der Waals surface area contributed by atoms with E-state index >= 15 is 0 Å². The molecule has 0 bridgehead atoms. The number of morpholine rings is 1. The molecule has 1 spiro atoms. The van der Waals surface area contributed by atoms with E-state index in [0.29, 0.717) is 12.2 Å². The maximum Gasteiger partial charge on any atom is 0.252 e. The number of amides is 1. The van der Waals surface area contributed by atoms with Crippen LogP contribution in [0.5, 0.6) is 0 Å². The summed E-state index contributed by atoms with van der Waals surface area (Å²) >= 11 is 0. The molecular formula is C14H19N3O2. The first-order chi connectivity index (χ1) is 9.20. The third kappa shape index (κ3) is 2.30. The molecule has 0 atom stereocenters. The zero-order valence-corrected chi connectivity index (χ0v) is 11.0. The van der Waals surface area contributed by atoms with Crippen LogP contribution in [0.4, 0.5) is 5.69 Å². The van der Waals surface area contributed by atoms with Gasteiger partial charge in [-0.05, 0) is 18.9 Å². The minimum atomic E-state index is -0.421. The average molecular weight is 261 g/mol. The van der Waals surface area contributed by atoms with E-state index < -0.39 is 5.91 Å². The lowest BCUT2D eigenvalue weighted by Crippen LogP contribution is -2.50. The van der Waals surface area contributed by atoms with E-state index in [1.54, 1.807) is 12.4 Å². The molecule has 1 aliphatic heterocycles. The highest BCUT2D eigenvalue weighted by Gasteiger charge is 2.39. The maximum absolute atomic E-state index is 11.5. The first-order valence-corrected chi connectivity index (χ1v) is 6.83. The van der Waals surface area contributed by atoms with Gasteiger partial charge in [0.2, 0.25) is 0 Å². The van der Waals surface area contributed by atoms with Gasteiger partial charge >= 0.3 is 0 Å². The molecule has 2 heterocycles. The lowest BCUT2D eigenvalue weighted by Gasteiger charge is -2.42. The van der Waals surface area contributed by atoms with E-state index in [9.17, 15) is 4.79 Å². The first-order valence-electron chi connectivity index (χ1n) is 6.83. The van der Waals surface area contributed by atoms with Crippen LogP contribution in [0.2, 0.25) is 0 Å². The lowest BCUT2D eigenvalue weighted by atomic mass is 9.99. The first kappa shape index (κ1) is 12.4. The highest BCUT2D eigenvalue weighted by atomic mass is 16.5. The summed E-state index contributed by atoms with van der Waals surface area (Å²) in [5.41, 5.74) is 6.80. The van der Waals surface area contributed by atoms with Gasteiger partial charge in [-0.15, -0.1) is 0 Å². The van der Waals surface area contributed by atoms with Gasteiger partial charge in [0.1, 0.15) is 0 Å². The molecule has 102 valence electrons. The summed E-state index contributed by atoms with van der Waals surface area (Å²) in [6.45, 7) is 2.35. The average Bonchev–Trinajstić information content (AvgIpc) is 2.86. The predicted octanol–water partition coefficient (Wildman–Crippen LogP) is 1.33. The lowest BCUT2D eigenvalue weighted by molar-refractivity contribution is -0.0501. The standard InChI is InChI=1S/C14H19N3O2/c15-13(18)11-9-16-6-3-12(11)17-7-8-19-14(10-17)4-1-2-5-14/h3,6,9H,1-2,4-5,7-8,10H2,(H2,15,18). The molecule has 3 rings (SSSR count). The quantitative estimate of drug-likeness (QED) is 0.872. The number of ether oxygens (including phenoxy) is 1. The van der Waals surface area contributed by atoms with Crippen molar-refractivity contribution in [3.8, 4) is 0 Å². The van der Waals surface area contributed by atoms with Gasteiger partial charge in [-0.1, -0.05) is 12.8 Å². The predicted molar refractivity (Wildman–Crippen MR) is 72.1 cm³/mol. The summed E-state index contributed by atoms with van der Waals surface area (Å²) in [4.78, 5) is 17.7. The summed E-state index contributed by atoms with van der Waals surface area (Å²) in [5, 5.41) is 0. The van der Waals surface area contributed by atoms with Gasteiger partial charge in [-0.25, -0.2) is 0 Å². The molecule has 1 aromatic rings. The Morgan fingerprint density at radius 2 is 2.21 bits per heavy atom. The minimum absolute atomic E-state index is 0.0174. The molecule has 0 unspecified atom stereocenters. The van der Waals surface area contributed by atoms with Crippen molar-refractivity contribution in [1.82, 2.24) is 4.98 Å². The molecule has 1 amide bonds. The fourth-order valence-electron chi connectivity index (χ4n) is 3.23. The highest BCUT2D eigenvalue weighted by Crippen LogP contribution is 2.37. The van der Waals surface area contributed by atoms with Crippen molar-refractivity contribution in [2.24, 2.45) is 5.73 Å². The number of anilines is 1. The van der Waals surface area contributed by atoms with Gasteiger partial charge in [-0.2, -0.15) is 0 Å². The summed E-state index contributed by atoms with van der Waals surface area (Å²) in [5.74, 6) is -0.421. The van der Waals surface area contributed by atoms with E-state index in [4.69, 9.17) is 10.5 Å². The van der Waals surface area contributed by atoms with Gasteiger partial charge in [0.25, 0.3) is 5.91 Å². The molecular weight excluding hydrogens is 242 g/mol. The Bertz CT molecular complexity index is 483. The number of carbonyl (C=O) groups excluding carboxylic acids is 1. The largest absolute Gasteiger partial charge is 0.371 e. The second-order valence-corrected chi connectivity index (χ2v) is 5.42. The fourth-order valence-corrected chi connectivity index (χ4v) is 3.23. The molecule has 2 fully saturated rings. The Balaban J connectivity index is 1.87. The minimum Gasteiger partial charge on any atom is -0.371 e. The van der Waals surface area contributed by atoms with E-state index in [1.807, 2.05) is 6.07 Å². The smallest absolute Gasteiger partial charge is 0.252 e. The van der Waals surface area contributed by atoms with Crippen molar-refractivity contribution in [1.29, 1.82) is 0 Å². The monoisotopic (exact) mass is 261 g/mol. The van der Waals surface area contributed by atoms with Crippen LogP contribution < -0.4 is 10.6 Å². The summed E-state index contributed by atoms with van der Waals surface area (Å²) in [6, 6.07) is 1.87. The topological polar surface area (TPSA) is 68.5 Å². The van der Waals surface area contributed by atoms with Crippen LogP contribution in [-0.2, 0) is 4.74 Å². The highest BCUT2D eigenvalue weighted by molar-refractivity contribution is 5.98. The Morgan fingerprint density at radius 3 is 2.95 bits per heavy atom. The molecule has 5 heteroatoms. The second kappa shape index (κ2) is 4.81. The Morgan fingerprint density at radius 1 is 1.42 bits per heavy atom. The molecule has 1 aromatic heterocycles. The number of rotatable bonds is 2. The van der Waals surface area contributed by atoms with Crippen LogP contribution in [0.15, 0.2) is 18.5 Å². The number of nitrogens with zero attached hydrogens (tertiary/aromatic N) is 2. The van der Waals surface area contributed by atoms with E-state index in [1.165, 1.54) is 12.8 Å². The number of hydrogen-bond acceptors (Lipinski definition) is 4. The number of hydrogen-bond donors (Lipinski definition) is 1. The van der Waals surface area contributed by atoms with Gasteiger partial charge in [0.15, 0.2) is 0 Å². The maximum atomic E-state index is 11.5. The molecule has 1 saturated heterocycles. The summed E-state index contributed by atoms with van der Waals surface area (Å²) < 4.78 is 6.01. The van der Waals surface area contributed by atoms with Crippen LogP contribution in [0.1, 0.15) is 36.0 Å². The van der Waals surface area contributed by atoms with Crippen molar-refractivity contribution in [3.63, 3.8) is 0 Å². The molecule has 5 nitrogen and oxygen atoms in total. The number of nitrogens with two attached hydrogens (primary N) is 1. The molecule has 19 heavy (non-hydrogen) atoms. The van der Waals surface area contributed by atoms with E-state index in [-0.39, 0.29) is 5.60 Å². The number of pyridine rings is 1. The summed E-state index contributed by atoms with van der Waals surface area (Å²) in [7, 11) is 0. The van der Waals surface area contributed by atoms with Gasteiger partial charge in [0, 0.05) is 25.5 Å². The fraction of sp³-hybridized carbons (Fsp3) is 0.571. The Hall–Kier alpha value is -1.62. The van der Waals surface area contributed by atoms with Crippen molar-refractivity contribution in [2.45, 2.75) is 31.3 Å².